The number of hydrogen-bond donors (Lipinski definition) is 3. The molecule has 8 nitrogen and oxygen atoms in total. The van der Waals surface area contributed by atoms with Gasteiger partial charge in [-0.15, -0.1) is 0 Å². The third-order valence-electron chi connectivity index (χ3n) is 5.26. The molecule has 0 spiro atoms. The van der Waals surface area contributed by atoms with Crippen LogP contribution in [0.15, 0.2) is 67.0 Å². The summed E-state index contributed by atoms with van der Waals surface area (Å²) >= 11 is 0. The standard InChI is InChI=1S/C25H22F3N5O3/c1-35-21-11-19-20(12-22(21)36-2)30-14-31-23(19)29-13-15-4-3-5-18(10-15)33-24(34)32-17-8-6-16(7-9-17)25(26,27)28/h3-12,14H,13H2,1-2H3,(H,29,30,31)(H2,32,33,34). The Hall–Kier alpha value is -4.54. The zero-order valence-electron chi connectivity index (χ0n) is 19.3. The van der Waals surface area contributed by atoms with Crippen molar-refractivity contribution in [1.29, 1.82) is 0 Å². The molecule has 0 unspecified atom stereocenters. The number of methoxy groups -OCH3 is 2. The molecule has 0 fully saturated rings. The highest BCUT2D eigenvalue weighted by Gasteiger charge is 2.30. The van der Waals surface area contributed by atoms with Crippen molar-refractivity contribution in [2.75, 3.05) is 30.2 Å². The fourth-order valence-corrected chi connectivity index (χ4v) is 3.50. The van der Waals surface area contributed by atoms with E-state index < -0.39 is 17.8 Å². The van der Waals surface area contributed by atoms with Gasteiger partial charge in [-0.25, -0.2) is 14.8 Å². The van der Waals surface area contributed by atoms with E-state index in [1.165, 1.54) is 18.5 Å². The Kier molecular flexibility index (Phi) is 7.09. The second kappa shape index (κ2) is 10.4. The van der Waals surface area contributed by atoms with Crippen LogP contribution in [0.3, 0.4) is 0 Å². The third-order valence-corrected chi connectivity index (χ3v) is 5.26. The normalized spacial score (nSPS) is 11.1. The van der Waals surface area contributed by atoms with Crippen LogP contribution < -0.4 is 25.4 Å². The van der Waals surface area contributed by atoms with E-state index in [-0.39, 0.29) is 5.69 Å². The average molecular weight is 497 g/mol. The van der Waals surface area contributed by atoms with E-state index >= 15 is 0 Å². The molecule has 0 saturated carbocycles. The molecule has 2 amide bonds. The number of rotatable bonds is 7. The number of anilines is 3. The van der Waals surface area contributed by atoms with Crippen molar-refractivity contribution in [2.45, 2.75) is 12.7 Å². The first kappa shape index (κ1) is 24.6. The highest BCUT2D eigenvalue weighted by atomic mass is 19.4. The molecular formula is C25H22F3N5O3. The monoisotopic (exact) mass is 497 g/mol. The molecule has 0 aliphatic heterocycles. The number of carbonyl (C=O) groups is 1. The second-order valence-corrected chi connectivity index (χ2v) is 7.65. The van der Waals surface area contributed by atoms with E-state index in [4.69, 9.17) is 9.47 Å². The van der Waals surface area contributed by atoms with E-state index in [0.29, 0.717) is 35.1 Å². The molecule has 4 aromatic rings. The summed E-state index contributed by atoms with van der Waals surface area (Å²) in [6, 6.07) is 14.3. The lowest BCUT2D eigenvalue weighted by Gasteiger charge is -2.13. The second-order valence-electron chi connectivity index (χ2n) is 7.65. The van der Waals surface area contributed by atoms with Crippen LogP contribution in [0, 0.1) is 0 Å². The minimum Gasteiger partial charge on any atom is -0.493 e. The van der Waals surface area contributed by atoms with Gasteiger partial charge in [0.05, 0.1) is 25.3 Å². The van der Waals surface area contributed by atoms with Crippen molar-refractivity contribution >= 4 is 34.1 Å². The first-order valence-corrected chi connectivity index (χ1v) is 10.7. The van der Waals surface area contributed by atoms with Crippen LogP contribution in [0.1, 0.15) is 11.1 Å². The predicted molar refractivity (Wildman–Crippen MR) is 130 cm³/mol. The number of amides is 2. The minimum absolute atomic E-state index is 0.237. The molecule has 36 heavy (non-hydrogen) atoms. The Morgan fingerprint density at radius 3 is 2.28 bits per heavy atom. The van der Waals surface area contributed by atoms with Crippen LogP contribution in [-0.2, 0) is 12.7 Å². The summed E-state index contributed by atoms with van der Waals surface area (Å²) in [4.78, 5) is 20.9. The van der Waals surface area contributed by atoms with E-state index in [1.54, 1.807) is 44.6 Å². The summed E-state index contributed by atoms with van der Waals surface area (Å²) in [6.07, 6.45) is -2.99. The van der Waals surface area contributed by atoms with E-state index in [2.05, 4.69) is 25.9 Å². The number of alkyl halides is 3. The topological polar surface area (TPSA) is 97.4 Å². The van der Waals surface area contributed by atoms with Crippen LogP contribution in [0.2, 0.25) is 0 Å². The number of aromatic nitrogens is 2. The number of urea groups is 1. The lowest BCUT2D eigenvalue weighted by molar-refractivity contribution is -0.137. The van der Waals surface area contributed by atoms with Gasteiger partial charge in [0.25, 0.3) is 0 Å². The maximum atomic E-state index is 12.7. The van der Waals surface area contributed by atoms with Gasteiger partial charge in [0, 0.05) is 29.4 Å². The maximum Gasteiger partial charge on any atom is 0.416 e. The lowest BCUT2D eigenvalue weighted by atomic mass is 10.1. The Bertz CT molecular complexity index is 1380. The Morgan fingerprint density at radius 2 is 1.58 bits per heavy atom. The van der Waals surface area contributed by atoms with E-state index in [9.17, 15) is 18.0 Å². The molecule has 3 aromatic carbocycles. The number of hydrogen-bond acceptors (Lipinski definition) is 6. The molecule has 0 radical (unpaired) electrons. The molecule has 3 N–H and O–H groups in total. The van der Waals surface area contributed by atoms with Crippen molar-refractivity contribution in [3.05, 3.63) is 78.1 Å². The number of nitrogens with zero attached hydrogens (tertiary/aromatic N) is 2. The van der Waals surface area contributed by atoms with Gasteiger partial charge in [-0.2, -0.15) is 13.2 Å². The molecule has 0 aliphatic carbocycles. The summed E-state index contributed by atoms with van der Waals surface area (Å²) in [5.74, 6) is 1.70. The first-order valence-electron chi connectivity index (χ1n) is 10.7. The van der Waals surface area contributed by atoms with Gasteiger partial charge < -0.3 is 25.4 Å². The average Bonchev–Trinajstić information content (AvgIpc) is 2.86. The fraction of sp³-hybridized carbons (Fsp3) is 0.160. The molecule has 11 heteroatoms. The largest absolute Gasteiger partial charge is 0.493 e. The highest BCUT2D eigenvalue weighted by Crippen LogP contribution is 2.34. The molecule has 4 rings (SSSR count). The van der Waals surface area contributed by atoms with Gasteiger partial charge in [0.1, 0.15) is 12.1 Å². The Morgan fingerprint density at radius 1 is 0.889 bits per heavy atom. The molecule has 0 bridgehead atoms. The SMILES string of the molecule is COc1cc2ncnc(NCc3cccc(NC(=O)Nc4ccc(C(F)(F)F)cc4)c3)c2cc1OC. The van der Waals surface area contributed by atoms with Crippen LogP contribution in [0.5, 0.6) is 11.5 Å². The maximum absolute atomic E-state index is 12.7. The third kappa shape index (κ3) is 5.74. The molecule has 0 aliphatic rings. The number of carbonyl (C=O) groups excluding carboxylic acids is 1. The van der Waals surface area contributed by atoms with E-state index in [1.807, 2.05) is 6.07 Å². The molecule has 0 saturated heterocycles. The van der Waals surface area contributed by atoms with Crippen LogP contribution in [0.4, 0.5) is 35.2 Å². The Balaban J connectivity index is 1.42. The minimum atomic E-state index is -4.44. The van der Waals surface area contributed by atoms with Crippen molar-refractivity contribution in [1.82, 2.24) is 9.97 Å². The van der Waals surface area contributed by atoms with Crippen molar-refractivity contribution < 1.29 is 27.4 Å². The van der Waals surface area contributed by atoms with Gasteiger partial charge in [-0.05, 0) is 48.0 Å². The fourth-order valence-electron chi connectivity index (χ4n) is 3.50. The van der Waals surface area contributed by atoms with Crippen molar-refractivity contribution in [2.24, 2.45) is 0 Å². The number of fused-ring (bicyclic) bond motifs is 1. The van der Waals surface area contributed by atoms with Gasteiger partial charge >= 0.3 is 12.2 Å². The van der Waals surface area contributed by atoms with Gasteiger partial charge in [-0.1, -0.05) is 12.1 Å². The van der Waals surface area contributed by atoms with Gasteiger partial charge in [0.15, 0.2) is 11.5 Å². The zero-order valence-corrected chi connectivity index (χ0v) is 19.3. The molecule has 1 heterocycles. The van der Waals surface area contributed by atoms with Crippen LogP contribution in [0.25, 0.3) is 10.9 Å². The molecule has 0 atom stereocenters. The smallest absolute Gasteiger partial charge is 0.416 e. The van der Waals surface area contributed by atoms with Crippen molar-refractivity contribution in [3.8, 4) is 11.5 Å². The quantitative estimate of drug-likeness (QED) is 0.293. The van der Waals surface area contributed by atoms with Gasteiger partial charge in [0.2, 0.25) is 0 Å². The number of nitrogens with one attached hydrogen (secondary N) is 3. The molecule has 1 aromatic heterocycles. The lowest BCUT2D eigenvalue weighted by Crippen LogP contribution is -2.19. The van der Waals surface area contributed by atoms with Gasteiger partial charge in [-0.3, -0.25) is 0 Å². The number of ether oxygens (including phenoxy) is 2. The highest BCUT2D eigenvalue weighted by molar-refractivity contribution is 5.99. The summed E-state index contributed by atoms with van der Waals surface area (Å²) in [5, 5.41) is 9.20. The summed E-state index contributed by atoms with van der Waals surface area (Å²) in [6.45, 7) is 0.399. The summed E-state index contributed by atoms with van der Waals surface area (Å²) < 4.78 is 48.8. The van der Waals surface area contributed by atoms with Crippen LogP contribution in [-0.4, -0.2) is 30.2 Å². The Labute approximate surface area is 204 Å². The number of halogens is 3. The van der Waals surface area contributed by atoms with Crippen molar-refractivity contribution in [3.63, 3.8) is 0 Å². The first-order chi connectivity index (χ1) is 17.3. The predicted octanol–water partition coefficient (Wildman–Crippen LogP) is 5.92. The van der Waals surface area contributed by atoms with E-state index in [0.717, 1.165) is 23.1 Å². The van der Waals surface area contributed by atoms with Crippen LogP contribution >= 0.6 is 0 Å². The molecular weight excluding hydrogens is 475 g/mol. The molecule has 186 valence electrons. The summed E-state index contributed by atoms with van der Waals surface area (Å²) in [5.41, 5.74) is 1.50. The zero-order chi connectivity index (χ0) is 25.7. The number of benzene rings is 3. The summed E-state index contributed by atoms with van der Waals surface area (Å²) in [7, 11) is 3.10.